The number of hydrogen-bond acceptors (Lipinski definition) is 4. The molecule has 1 aromatic carbocycles. The molecule has 0 aliphatic rings. The van der Waals surface area contributed by atoms with Crippen LogP contribution in [0.3, 0.4) is 0 Å². The Morgan fingerprint density at radius 2 is 2.09 bits per heavy atom. The summed E-state index contributed by atoms with van der Waals surface area (Å²) in [5.74, 6) is 1.24. The smallest absolute Gasteiger partial charge is 0.319 e. The Morgan fingerprint density at radius 3 is 2.70 bits per heavy atom. The van der Waals surface area contributed by atoms with Gasteiger partial charge in [0.25, 0.3) is 0 Å². The van der Waals surface area contributed by atoms with Crippen molar-refractivity contribution < 1.29 is 14.3 Å². The van der Waals surface area contributed by atoms with E-state index in [0.717, 1.165) is 11.3 Å². The number of urea groups is 1. The van der Waals surface area contributed by atoms with E-state index in [1.807, 2.05) is 32.9 Å². The van der Waals surface area contributed by atoms with Gasteiger partial charge in [0.1, 0.15) is 5.76 Å². The van der Waals surface area contributed by atoms with Crippen molar-refractivity contribution in [3.8, 4) is 11.5 Å². The molecule has 3 N–H and O–H groups in total. The quantitative estimate of drug-likeness (QED) is 0.762. The highest BCUT2D eigenvalue weighted by Gasteiger charge is 2.22. The molecular formula is C17H23N3O3. The summed E-state index contributed by atoms with van der Waals surface area (Å²) in [4.78, 5) is 16.1. The van der Waals surface area contributed by atoms with E-state index in [1.54, 1.807) is 18.3 Å². The molecule has 0 spiro atoms. The number of oxazole rings is 1. The second-order valence-corrected chi connectivity index (χ2v) is 5.60. The lowest BCUT2D eigenvalue weighted by molar-refractivity contribution is 0.0354. The van der Waals surface area contributed by atoms with Gasteiger partial charge in [0.2, 0.25) is 5.89 Å². The highest BCUT2D eigenvalue weighted by atomic mass is 16.4. The van der Waals surface area contributed by atoms with Crippen LogP contribution in [0.25, 0.3) is 11.5 Å². The Morgan fingerprint density at radius 1 is 1.35 bits per heavy atom. The topological polar surface area (TPSA) is 87.4 Å². The maximum Gasteiger partial charge on any atom is 0.319 e. The summed E-state index contributed by atoms with van der Waals surface area (Å²) in [5, 5.41) is 15.6. The minimum absolute atomic E-state index is 0.213. The summed E-state index contributed by atoms with van der Waals surface area (Å²) >= 11 is 0. The van der Waals surface area contributed by atoms with Crippen LogP contribution in [0.15, 0.2) is 34.9 Å². The molecule has 0 unspecified atom stereocenters. The second kappa shape index (κ2) is 7.28. The van der Waals surface area contributed by atoms with E-state index >= 15 is 0 Å². The van der Waals surface area contributed by atoms with Gasteiger partial charge in [-0.05, 0) is 38.0 Å². The first-order valence-electron chi connectivity index (χ1n) is 7.76. The Hall–Kier alpha value is -2.34. The maximum atomic E-state index is 12.0. The zero-order valence-electron chi connectivity index (χ0n) is 13.7. The molecule has 0 saturated carbocycles. The molecule has 2 aromatic rings. The van der Waals surface area contributed by atoms with Crippen molar-refractivity contribution in [2.75, 3.05) is 11.9 Å². The average Bonchev–Trinajstić information content (AvgIpc) is 2.99. The van der Waals surface area contributed by atoms with Gasteiger partial charge in [0.15, 0.2) is 0 Å². The van der Waals surface area contributed by atoms with Gasteiger partial charge in [0, 0.05) is 17.8 Å². The molecule has 0 fully saturated rings. The third-order valence-corrected chi connectivity index (χ3v) is 3.88. The highest BCUT2D eigenvalue weighted by molar-refractivity contribution is 5.89. The number of rotatable bonds is 6. The fourth-order valence-corrected chi connectivity index (χ4v) is 2.14. The van der Waals surface area contributed by atoms with Gasteiger partial charge >= 0.3 is 6.03 Å². The average molecular weight is 317 g/mol. The number of nitrogens with one attached hydrogen (secondary N) is 2. The number of carbonyl (C=O) groups is 1. The van der Waals surface area contributed by atoms with Crippen molar-refractivity contribution in [3.05, 3.63) is 36.2 Å². The summed E-state index contributed by atoms with van der Waals surface area (Å²) in [6.07, 6.45) is 2.82. The molecule has 0 aliphatic carbocycles. The van der Waals surface area contributed by atoms with Crippen molar-refractivity contribution in [1.29, 1.82) is 0 Å². The van der Waals surface area contributed by atoms with E-state index in [1.165, 1.54) is 0 Å². The Balaban J connectivity index is 1.99. The molecule has 0 saturated heterocycles. The van der Waals surface area contributed by atoms with E-state index in [4.69, 9.17) is 4.42 Å². The molecule has 2 amide bonds. The van der Waals surface area contributed by atoms with Crippen LogP contribution in [-0.2, 0) is 0 Å². The molecule has 0 aliphatic heterocycles. The Bertz CT molecular complexity index is 663. The predicted octanol–water partition coefficient (Wildman–Crippen LogP) is 3.32. The van der Waals surface area contributed by atoms with E-state index in [9.17, 15) is 9.90 Å². The molecule has 0 bridgehead atoms. The number of amides is 2. The van der Waals surface area contributed by atoms with Crippen molar-refractivity contribution in [3.63, 3.8) is 0 Å². The Kier molecular flexibility index (Phi) is 5.39. The lowest BCUT2D eigenvalue weighted by Gasteiger charge is -2.25. The summed E-state index contributed by atoms with van der Waals surface area (Å²) in [6, 6.07) is 6.90. The number of aryl methyl sites for hydroxylation is 1. The zero-order chi connectivity index (χ0) is 16.9. The van der Waals surface area contributed by atoms with Crippen LogP contribution in [0.2, 0.25) is 0 Å². The number of aliphatic hydroxyl groups is 1. The molecular weight excluding hydrogens is 294 g/mol. The van der Waals surface area contributed by atoms with Gasteiger partial charge in [-0.15, -0.1) is 0 Å². The van der Waals surface area contributed by atoms with Crippen LogP contribution in [-0.4, -0.2) is 28.3 Å². The molecule has 124 valence electrons. The van der Waals surface area contributed by atoms with Crippen LogP contribution < -0.4 is 10.6 Å². The van der Waals surface area contributed by atoms with Gasteiger partial charge in [-0.2, -0.15) is 0 Å². The van der Waals surface area contributed by atoms with Crippen LogP contribution in [0.1, 0.15) is 32.4 Å². The first-order chi connectivity index (χ1) is 11.0. The third kappa shape index (κ3) is 4.56. The van der Waals surface area contributed by atoms with Crippen molar-refractivity contribution >= 4 is 11.7 Å². The first-order valence-corrected chi connectivity index (χ1v) is 7.76. The maximum absolute atomic E-state index is 12.0. The second-order valence-electron chi connectivity index (χ2n) is 5.60. The molecule has 0 atom stereocenters. The lowest BCUT2D eigenvalue weighted by Crippen LogP contribution is -2.43. The Labute approximate surface area is 135 Å². The van der Waals surface area contributed by atoms with Crippen molar-refractivity contribution in [2.24, 2.45) is 0 Å². The largest absolute Gasteiger partial charge is 0.441 e. The molecule has 2 rings (SSSR count). The molecule has 6 heteroatoms. The predicted molar refractivity (Wildman–Crippen MR) is 89.2 cm³/mol. The summed E-state index contributed by atoms with van der Waals surface area (Å²) in [5.41, 5.74) is 0.552. The van der Waals surface area contributed by atoms with E-state index in [0.29, 0.717) is 24.4 Å². The van der Waals surface area contributed by atoms with Gasteiger partial charge in [-0.3, -0.25) is 0 Å². The standard InChI is InChI=1S/C17H23N3O3/c1-4-17(22,5-2)11-19-16(21)20-14-8-6-7-13(9-14)15-18-10-12(3)23-15/h6-10,22H,4-5,11H2,1-3H3,(H2,19,20,21). The lowest BCUT2D eigenvalue weighted by atomic mass is 9.98. The number of nitrogens with zero attached hydrogens (tertiary/aromatic N) is 1. The monoisotopic (exact) mass is 317 g/mol. The fraction of sp³-hybridized carbons (Fsp3) is 0.412. The minimum atomic E-state index is -0.866. The summed E-state index contributed by atoms with van der Waals surface area (Å²) < 4.78 is 5.48. The fourth-order valence-electron chi connectivity index (χ4n) is 2.14. The molecule has 1 heterocycles. The van der Waals surface area contributed by atoms with Crippen LogP contribution in [0.4, 0.5) is 10.5 Å². The zero-order valence-corrected chi connectivity index (χ0v) is 13.7. The molecule has 23 heavy (non-hydrogen) atoms. The van der Waals surface area contributed by atoms with Gasteiger partial charge in [0.05, 0.1) is 11.8 Å². The molecule has 1 aromatic heterocycles. The first kappa shape index (κ1) is 17.0. The van der Waals surface area contributed by atoms with Gasteiger partial charge in [-0.25, -0.2) is 9.78 Å². The summed E-state index contributed by atoms with van der Waals surface area (Å²) in [6.45, 7) is 5.83. The van der Waals surface area contributed by atoms with Crippen LogP contribution >= 0.6 is 0 Å². The van der Waals surface area contributed by atoms with Gasteiger partial charge < -0.3 is 20.2 Å². The number of anilines is 1. The highest BCUT2D eigenvalue weighted by Crippen LogP contribution is 2.22. The normalized spacial score (nSPS) is 11.3. The number of benzene rings is 1. The summed E-state index contributed by atoms with van der Waals surface area (Å²) in [7, 11) is 0. The van der Waals surface area contributed by atoms with E-state index in [-0.39, 0.29) is 12.6 Å². The SMILES string of the molecule is CCC(O)(CC)CNC(=O)Nc1cccc(-c2ncc(C)o2)c1. The molecule has 6 nitrogen and oxygen atoms in total. The van der Waals surface area contributed by atoms with Crippen molar-refractivity contribution in [2.45, 2.75) is 39.2 Å². The minimum Gasteiger partial charge on any atom is -0.441 e. The van der Waals surface area contributed by atoms with Gasteiger partial charge in [-0.1, -0.05) is 19.9 Å². The third-order valence-electron chi connectivity index (χ3n) is 3.88. The van der Waals surface area contributed by atoms with Crippen molar-refractivity contribution in [1.82, 2.24) is 10.3 Å². The number of hydrogen-bond donors (Lipinski definition) is 3. The molecule has 0 radical (unpaired) electrons. The van der Waals surface area contributed by atoms with Crippen LogP contribution in [0, 0.1) is 6.92 Å². The number of aromatic nitrogens is 1. The van der Waals surface area contributed by atoms with E-state index in [2.05, 4.69) is 15.6 Å². The van der Waals surface area contributed by atoms with E-state index < -0.39 is 5.60 Å². The number of carbonyl (C=O) groups excluding carboxylic acids is 1. The van der Waals surface area contributed by atoms with Crippen LogP contribution in [0.5, 0.6) is 0 Å².